The van der Waals surface area contributed by atoms with E-state index in [-0.39, 0.29) is 12.6 Å². The number of aliphatic hydroxyl groups is 1. The summed E-state index contributed by atoms with van der Waals surface area (Å²) in [6, 6.07) is 0.913. The van der Waals surface area contributed by atoms with E-state index in [1.807, 2.05) is 6.92 Å². The summed E-state index contributed by atoms with van der Waals surface area (Å²) in [7, 11) is 0. The van der Waals surface area contributed by atoms with E-state index < -0.39 is 0 Å². The molecule has 0 spiro atoms. The minimum atomic E-state index is 0.255. The molecule has 1 rings (SSSR count). The average Bonchev–Trinajstić information content (AvgIpc) is 2.04. The number of hydrogen-bond acceptors (Lipinski definition) is 2. The molecule has 0 aromatic rings. The zero-order valence-electron chi connectivity index (χ0n) is 8.21. The fourth-order valence-electron chi connectivity index (χ4n) is 2.04. The van der Waals surface area contributed by atoms with Crippen LogP contribution in [0.3, 0.4) is 0 Å². The van der Waals surface area contributed by atoms with Gasteiger partial charge in [-0.1, -0.05) is 19.8 Å². The van der Waals surface area contributed by atoms with Crippen molar-refractivity contribution < 1.29 is 5.11 Å². The SMILES string of the molecule is CC1CCCC(NC(C)CO)C1. The average molecular weight is 171 g/mol. The molecule has 2 N–H and O–H groups in total. The van der Waals surface area contributed by atoms with Gasteiger partial charge in [0.1, 0.15) is 0 Å². The minimum Gasteiger partial charge on any atom is -0.395 e. The first kappa shape index (κ1) is 10.0. The van der Waals surface area contributed by atoms with E-state index in [0.717, 1.165) is 5.92 Å². The van der Waals surface area contributed by atoms with Gasteiger partial charge < -0.3 is 10.4 Å². The van der Waals surface area contributed by atoms with Crippen molar-refractivity contribution in [3.63, 3.8) is 0 Å². The Morgan fingerprint density at radius 3 is 2.83 bits per heavy atom. The van der Waals surface area contributed by atoms with Gasteiger partial charge in [-0.05, 0) is 25.7 Å². The number of rotatable bonds is 3. The standard InChI is InChI=1S/C10H21NO/c1-8-4-3-5-10(6-8)11-9(2)7-12/h8-12H,3-7H2,1-2H3. The van der Waals surface area contributed by atoms with Crippen LogP contribution in [0.25, 0.3) is 0 Å². The molecule has 0 aliphatic heterocycles. The molecular formula is C10H21NO. The van der Waals surface area contributed by atoms with Gasteiger partial charge in [0.25, 0.3) is 0 Å². The Morgan fingerprint density at radius 2 is 2.25 bits per heavy atom. The van der Waals surface area contributed by atoms with E-state index >= 15 is 0 Å². The number of nitrogens with one attached hydrogen (secondary N) is 1. The first-order chi connectivity index (χ1) is 5.72. The molecule has 0 aromatic heterocycles. The van der Waals surface area contributed by atoms with E-state index in [1.165, 1.54) is 25.7 Å². The third-order valence-electron chi connectivity index (χ3n) is 2.73. The molecule has 0 aromatic carbocycles. The molecule has 1 saturated carbocycles. The molecule has 0 radical (unpaired) electrons. The highest BCUT2D eigenvalue weighted by atomic mass is 16.3. The molecule has 3 atom stereocenters. The summed E-state index contributed by atoms with van der Waals surface area (Å²) >= 11 is 0. The second kappa shape index (κ2) is 4.83. The van der Waals surface area contributed by atoms with Crippen LogP contribution in [0.2, 0.25) is 0 Å². The lowest BCUT2D eigenvalue weighted by Gasteiger charge is -2.29. The summed E-state index contributed by atoms with van der Waals surface area (Å²) in [6.45, 7) is 4.61. The van der Waals surface area contributed by atoms with Gasteiger partial charge in [0.2, 0.25) is 0 Å². The van der Waals surface area contributed by atoms with Gasteiger partial charge in [0.05, 0.1) is 6.61 Å². The monoisotopic (exact) mass is 171 g/mol. The summed E-state index contributed by atoms with van der Waals surface area (Å²) in [6.07, 6.45) is 5.29. The predicted molar refractivity (Wildman–Crippen MR) is 51.1 cm³/mol. The van der Waals surface area contributed by atoms with Gasteiger partial charge in [0.15, 0.2) is 0 Å². The van der Waals surface area contributed by atoms with Crippen molar-refractivity contribution in [1.82, 2.24) is 5.32 Å². The van der Waals surface area contributed by atoms with Crippen LogP contribution in [0.5, 0.6) is 0 Å². The lowest BCUT2D eigenvalue weighted by atomic mass is 9.87. The summed E-state index contributed by atoms with van der Waals surface area (Å²) in [5.41, 5.74) is 0. The van der Waals surface area contributed by atoms with Gasteiger partial charge >= 0.3 is 0 Å². The molecular weight excluding hydrogens is 150 g/mol. The highest BCUT2D eigenvalue weighted by molar-refractivity contribution is 4.77. The molecule has 1 aliphatic rings. The molecule has 0 heterocycles. The maximum atomic E-state index is 8.87. The molecule has 2 nitrogen and oxygen atoms in total. The van der Waals surface area contributed by atoms with Crippen molar-refractivity contribution in [2.45, 2.75) is 51.6 Å². The molecule has 2 heteroatoms. The van der Waals surface area contributed by atoms with Gasteiger partial charge in [-0.3, -0.25) is 0 Å². The Balaban J connectivity index is 2.22. The van der Waals surface area contributed by atoms with Crippen LogP contribution >= 0.6 is 0 Å². The van der Waals surface area contributed by atoms with E-state index in [1.54, 1.807) is 0 Å². The minimum absolute atomic E-state index is 0.255. The van der Waals surface area contributed by atoms with Gasteiger partial charge in [-0.15, -0.1) is 0 Å². The summed E-state index contributed by atoms with van der Waals surface area (Å²) < 4.78 is 0. The van der Waals surface area contributed by atoms with Crippen LogP contribution in [0.4, 0.5) is 0 Å². The maximum Gasteiger partial charge on any atom is 0.0582 e. The number of hydrogen-bond donors (Lipinski definition) is 2. The molecule has 0 amide bonds. The quantitative estimate of drug-likeness (QED) is 0.675. The first-order valence-corrected chi connectivity index (χ1v) is 5.09. The first-order valence-electron chi connectivity index (χ1n) is 5.09. The summed E-state index contributed by atoms with van der Waals surface area (Å²) in [5.74, 6) is 0.863. The molecule has 72 valence electrons. The molecule has 12 heavy (non-hydrogen) atoms. The predicted octanol–water partition coefficient (Wildman–Crippen LogP) is 1.54. The largest absolute Gasteiger partial charge is 0.395 e. The molecule has 0 bridgehead atoms. The van der Waals surface area contributed by atoms with Crippen LogP contribution in [-0.2, 0) is 0 Å². The Bertz CT molecular complexity index is 127. The Kier molecular flexibility index (Phi) is 4.02. The zero-order chi connectivity index (χ0) is 8.97. The third kappa shape index (κ3) is 3.11. The fraction of sp³-hybridized carbons (Fsp3) is 1.00. The normalized spacial score (nSPS) is 33.2. The zero-order valence-corrected chi connectivity index (χ0v) is 8.21. The summed E-state index contributed by atoms with van der Waals surface area (Å²) in [4.78, 5) is 0. The van der Waals surface area contributed by atoms with Crippen LogP contribution in [0, 0.1) is 5.92 Å². The van der Waals surface area contributed by atoms with E-state index in [0.29, 0.717) is 6.04 Å². The Hall–Kier alpha value is -0.0800. The highest BCUT2D eigenvalue weighted by Gasteiger charge is 2.19. The van der Waals surface area contributed by atoms with E-state index in [9.17, 15) is 0 Å². The van der Waals surface area contributed by atoms with Crippen LogP contribution in [-0.4, -0.2) is 23.8 Å². The van der Waals surface area contributed by atoms with Crippen molar-refractivity contribution in [2.75, 3.05) is 6.61 Å². The van der Waals surface area contributed by atoms with Crippen molar-refractivity contribution in [2.24, 2.45) is 5.92 Å². The van der Waals surface area contributed by atoms with Crippen LogP contribution in [0.1, 0.15) is 39.5 Å². The smallest absolute Gasteiger partial charge is 0.0582 e. The van der Waals surface area contributed by atoms with Crippen molar-refractivity contribution >= 4 is 0 Å². The van der Waals surface area contributed by atoms with Gasteiger partial charge in [-0.2, -0.15) is 0 Å². The van der Waals surface area contributed by atoms with E-state index in [4.69, 9.17) is 5.11 Å². The second-order valence-electron chi connectivity index (χ2n) is 4.22. The van der Waals surface area contributed by atoms with Crippen LogP contribution in [0.15, 0.2) is 0 Å². The third-order valence-corrected chi connectivity index (χ3v) is 2.73. The van der Waals surface area contributed by atoms with Crippen molar-refractivity contribution in [1.29, 1.82) is 0 Å². The van der Waals surface area contributed by atoms with Gasteiger partial charge in [0, 0.05) is 12.1 Å². The topological polar surface area (TPSA) is 32.3 Å². The fourth-order valence-corrected chi connectivity index (χ4v) is 2.04. The Morgan fingerprint density at radius 1 is 1.50 bits per heavy atom. The van der Waals surface area contributed by atoms with Crippen LogP contribution < -0.4 is 5.32 Å². The second-order valence-corrected chi connectivity index (χ2v) is 4.22. The van der Waals surface area contributed by atoms with E-state index in [2.05, 4.69) is 12.2 Å². The molecule has 1 aliphatic carbocycles. The Labute approximate surface area is 75.4 Å². The lowest BCUT2D eigenvalue weighted by molar-refractivity contribution is 0.215. The lowest BCUT2D eigenvalue weighted by Crippen LogP contribution is -2.41. The van der Waals surface area contributed by atoms with Gasteiger partial charge in [-0.25, -0.2) is 0 Å². The van der Waals surface area contributed by atoms with Crippen molar-refractivity contribution in [3.05, 3.63) is 0 Å². The summed E-state index contributed by atoms with van der Waals surface area (Å²) in [5, 5.41) is 12.3. The highest BCUT2D eigenvalue weighted by Crippen LogP contribution is 2.23. The van der Waals surface area contributed by atoms with Crippen molar-refractivity contribution in [3.8, 4) is 0 Å². The molecule has 0 saturated heterocycles. The number of aliphatic hydroxyl groups excluding tert-OH is 1. The maximum absolute atomic E-state index is 8.87. The molecule has 1 fully saturated rings. The molecule has 3 unspecified atom stereocenters.